The first kappa shape index (κ1) is 20.2. The second kappa shape index (κ2) is 9.59. The molecule has 0 saturated carbocycles. The molecule has 28 heavy (non-hydrogen) atoms. The van der Waals surface area contributed by atoms with E-state index in [1.807, 2.05) is 24.3 Å². The third kappa shape index (κ3) is 4.84. The van der Waals surface area contributed by atoms with E-state index in [2.05, 4.69) is 5.32 Å². The van der Waals surface area contributed by atoms with Crippen molar-refractivity contribution in [2.75, 3.05) is 26.1 Å². The summed E-state index contributed by atoms with van der Waals surface area (Å²) in [6, 6.07) is 7.32. The number of fused-ring (bicyclic) bond motifs is 1. The van der Waals surface area contributed by atoms with Crippen LogP contribution in [0.3, 0.4) is 0 Å². The van der Waals surface area contributed by atoms with E-state index in [9.17, 15) is 9.59 Å². The first-order valence-corrected chi connectivity index (χ1v) is 10.2. The molecule has 0 saturated heterocycles. The third-order valence-electron chi connectivity index (χ3n) is 4.69. The number of aryl methyl sites for hydroxylation is 1. The number of carbonyl (C=O) groups is 2. The number of rotatable bonds is 8. The van der Waals surface area contributed by atoms with E-state index in [0.717, 1.165) is 42.7 Å². The lowest BCUT2D eigenvalue weighted by Crippen LogP contribution is -2.15. The van der Waals surface area contributed by atoms with Gasteiger partial charge in [0.05, 0.1) is 26.4 Å². The van der Waals surface area contributed by atoms with Gasteiger partial charge in [0.2, 0.25) is 5.91 Å². The van der Waals surface area contributed by atoms with Gasteiger partial charge in [-0.2, -0.15) is 0 Å². The highest BCUT2D eigenvalue weighted by Crippen LogP contribution is 2.38. The van der Waals surface area contributed by atoms with Crippen LogP contribution in [0.1, 0.15) is 46.5 Å². The summed E-state index contributed by atoms with van der Waals surface area (Å²) in [4.78, 5) is 25.8. The number of benzene rings is 1. The van der Waals surface area contributed by atoms with E-state index in [1.165, 1.54) is 23.3 Å². The number of hydrogen-bond donors (Lipinski definition) is 1. The lowest BCUT2D eigenvalue weighted by atomic mass is 9.95. The molecule has 3 rings (SSSR count). The summed E-state index contributed by atoms with van der Waals surface area (Å²) in [5, 5.41) is 3.51. The Labute approximate surface area is 168 Å². The number of methoxy groups -OCH3 is 2. The molecule has 1 N–H and O–H groups in total. The maximum Gasteiger partial charge on any atom is 0.341 e. The minimum absolute atomic E-state index is 0.123. The molecule has 1 aromatic heterocycles. The molecule has 1 aliphatic carbocycles. The summed E-state index contributed by atoms with van der Waals surface area (Å²) < 4.78 is 15.7. The summed E-state index contributed by atoms with van der Waals surface area (Å²) in [6.45, 7) is 0.435. The molecule has 1 aromatic carbocycles. The van der Waals surface area contributed by atoms with Crippen molar-refractivity contribution in [3.05, 3.63) is 40.3 Å². The molecule has 7 heteroatoms. The zero-order chi connectivity index (χ0) is 19.9. The second-order valence-corrected chi connectivity index (χ2v) is 7.69. The van der Waals surface area contributed by atoms with E-state index in [1.54, 1.807) is 7.11 Å². The van der Waals surface area contributed by atoms with Crippen molar-refractivity contribution in [1.29, 1.82) is 0 Å². The Morgan fingerprint density at radius 2 is 1.79 bits per heavy atom. The molecule has 0 unspecified atom stereocenters. The number of hydrogen-bond acceptors (Lipinski definition) is 6. The van der Waals surface area contributed by atoms with Gasteiger partial charge in [0.1, 0.15) is 16.5 Å². The minimum atomic E-state index is -0.377. The lowest BCUT2D eigenvalue weighted by molar-refractivity contribution is -0.116. The largest absolute Gasteiger partial charge is 0.497 e. The van der Waals surface area contributed by atoms with Gasteiger partial charge in [-0.1, -0.05) is 0 Å². The summed E-state index contributed by atoms with van der Waals surface area (Å²) in [6.07, 6.45) is 4.89. The predicted molar refractivity (Wildman–Crippen MR) is 109 cm³/mol. The molecule has 2 aromatic rings. The average molecular weight is 404 g/mol. The van der Waals surface area contributed by atoms with Crippen LogP contribution in [0, 0.1) is 0 Å². The van der Waals surface area contributed by atoms with Crippen LogP contribution in [0.25, 0.3) is 0 Å². The monoisotopic (exact) mass is 403 g/mol. The van der Waals surface area contributed by atoms with Crippen LogP contribution in [-0.2, 0) is 22.4 Å². The smallest absolute Gasteiger partial charge is 0.341 e. The zero-order valence-electron chi connectivity index (χ0n) is 16.2. The molecule has 0 atom stereocenters. The molecule has 1 heterocycles. The average Bonchev–Trinajstić information content (AvgIpc) is 3.08. The number of thiophene rings is 1. The first-order chi connectivity index (χ1) is 13.6. The van der Waals surface area contributed by atoms with Gasteiger partial charge in [-0.05, 0) is 61.9 Å². The van der Waals surface area contributed by atoms with Gasteiger partial charge < -0.3 is 19.5 Å². The van der Waals surface area contributed by atoms with Gasteiger partial charge in [0.15, 0.2) is 0 Å². The van der Waals surface area contributed by atoms with Crippen molar-refractivity contribution in [3.63, 3.8) is 0 Å². The predicted octanol–water partition coefficient (Wildman–Crippen LogP) is 4.22. The third-order valence-corrected chi connectivity index (χ3v) is 5.90. The number of esters is 1. The highest BCUT2D eigenvalue weighted by Gasteiger charge is 2.26. The van der Waals surface area contributed by atoms with Crippen LogP contribution < -0.4 is 14.8 Å². The van der Waals surface area contributed by atoms with E-state index in [0.29, 0.717) is 30.0 Å². The zero-order valence-corrected chi connectivity index (χ0v) is 17.0. The van der Waals surface area contributed by atoms with Crippen LogP contribution >= 0.6 is 11.3 Å². The summed E-state index contributed by atoms with van der Waals surface area (Å²) in [5.41, 5.74) is 1.58. The fraction of sp³-hybridized carbons (Fsp3) is 0.429. The second-order valence-electron chi connectivity index (χ2n) is 6.58. The maximum atomic E-state index is 12.4. The summed E-state index contributed by atoms with van der Waals surface area (Å²) in [7, 11) is 2.99. The Kier molecular flexibility index (Phi) is 6.92. The van der Waals surface area contributed by atoms with E-state index < -0.39 is 0 Å². The first-order valence-electron chi connectivity index (χ1n) is 9.42. The van der Waals surface area contributed by atoms with Gasteiger partial charge in [-0.3, -0.25) is 4.79 Å². The molecule has 0 spiro atoms. The van der Waals surface area contributed by atoms with Gasteiger partial charge in [-0.25, -0.2) is 4.79 Å². The molecular weight excluding hydrogens is 378 g/mol. The van der Waals surface area contributed by atoms with Crippen LogP contribution in [0.4, 0.5) is 5.00 Å². The van der Waals surface area contributed by atoms with Crippen molar-refractivity contribution in [3.8, 4) is 11.5 Å². The molecule has 0 fully saturated rings. The van der Waals surface area contributed by atoms with E-state index in [4.69, 9.17) is 14.2 Å². The SMILES string of the molecule is COC(=O)c1c(NC(=O)CCCOc2ccc(OC)cc2)sc2c1CCCC2. The van der Waals surface area contributed by atoms with Crippen molar-refractivity contribution in [2.24, 2.45) is 0 Å². The summed E-state index contributed by atoms with van der Waals surface area (Å²) >= 11 is 1.50. The van der Waals surface area contributed by atoms with Crippen molar-refractivity contribution >= 4 is 28.2 Å². The van der Waals surface area contributed by atoms with E-state index >= 15 is 0 Å². The summed E-state index contributed by atoms with van der Waals surface area (Å²) in [5.74, 6) is 1.01. The van der Waals surface area contributed by atoms with Crippen LogP contribution in [0.2, 0.25) is 0 Å². The number of ether oxygens (including phenoxy) is 3. The molecule has 150 valence electrons. The molecule has 0 aliphatic heterocycles. The maximum absolute atomic E-state index is 12.4. The molecule has 6 nitrogen and oxygen atoms in total. The van der Waals surface area contributed by atoms with Gasteiger partial charge in [-0.15, -0.1) is 11.3 Å². The fourth-order valence-electron chi connectivity index (χ4n) is 3.26. The Hall–Kier alpha value is -2.54. The normalized spacial score (nSPS) is 12.8. The molecule has 0 bridgehead atoms. The van der Waals surface area contributed by atoms with Crippen LogP contribution in [0.15, 0.2) is 24.3 Å². The van der Waals surface area contributed by atoms with Crippen LogP contribution in [0.5, 0.6) is 11.5 Å². The molecule has 1 amide bonds. The number of amides is 1. The molecule has 0 radical (unpaired) electrons. The Balaban J connectivity index is 1.53. The number of anilines is 1. The standard InChI is InChI=1S/C21H25NO5S/c1-25-14-9-11-15(12-10-14)27-13-5-8-18(23)22-20-19(21(24)26-2)16-6-3-4-7-17(16)28-20/h9-12H,3-8,13H2,1-2H3,(H,22,23). The van der Waals surface area contributed by atoms with Crippen LogP contribution in [-0.4, -0.2) is 32.7 Å². The quantitative estimate of drug-likeness (QED) is 0.528. The molecular formula is C21H25NO5S. The Morgan fingerprint density at radius 3 is 2.50 bits per heavy atom. The highest BCUT2D eigenvalue weighted by molar-refractivity contribution is 7.17. The molecule has 1 aliphatic rings. The van der Waals surface area contributed by atoms with E-state index in [-0.39, 0.29) is 11.9 Å². The van der Waals surface area contributed by atoms with Gasteiger partial charge in [0.25, 0.3) is 0 Å². The highest BCUT2D eigenvalue weighted by atomic mass is 32.1. The van der Waals surface area contributed by atoms with Gasteiger partial charge in [0, 0.05) is 11.3 Å². The topological polar surface area (TPSA) is 73.9 Å². The van der Waals surface area contributed by atoms with Crippen molar-refractivity contribution in [2.45, 2.75) is 38.5 Å². The number of carbonyl (C=O) groups excluding carboxylic acids is 2. The lowest BCUT2D eigenvalue weighted by Gasteiger charge is -2.11. The van der Waals surface area contributed by atoms with Crippen molar-refractivity contribution in [1.82, 2.24) is 0 Å². The Bertz CT molecular complexity index is 828. The fourth-order valence-corrected chi connectivity index (χ4v) is 4.55. The van der Waals surface area contributed by atoms with Crippen molar-refractivity contribution < 1.29 is 23.8 Å². The minimum Gasteiger partial charge on any atom is -0.497 e. The van der Waals surface area contributed by atoms with Gasteiger partial charge >= 0.3 is 5.97 Å². The Morgan fingerprint density at radius 1 is 1.07 bits per heavy atom. The number of nitrogens with one attached hydrogen (secondary N) is 1.